The number of nitrogens with zero attached hydrogens (tertiary/aromatic N) is 1. The average molecular weight is 199 g/mol. The van der Waals surface area contributed by atoms with E-state index in [9.17, 15) is 5.11 Å². The SMILES string of the molecule is CC(C)C(O)C1CCN(C(C)C)CC1. The summed E-state index contributed by atoms with van der Waals surface area (Å²) >= 11 is 0. The Labute approximate surface area is 88.3 Å². The van der Waals surface area contributed by atoms with E-state index in [0.29, 0.717) is 17.9 Å². The van der Waals surface area contributed by atoms with Crippen LogP contribution in [0.25, 0.3) is 0 Å². The molecule has 1 saturated heterocycles. The first kappa shape index (κ1) is 12.0. The maximum absolute atomic E-state index is 9.96. The number of aliphatic hydroxyl groups is 1. The van der Waals surface area contributed by atoms with Gasteiger partial charge in [-0.1, -0.05) is 13.8 Å². The molecule has 0 aromatic heterocycles. The highest BCUT2D eigenvalue weighted by molar-refractivity contribution is 4.80. The first-order valence-electron chi connectivity index (χ1n) is 5.94. The molecular formula is C12H25NO. The molecule has 0 amide bonds. The van der Waals surface area contributed by atoms with Gasteiger partial charge in [0, 0.05) is 6.04 Å². The lowest BCUT2D eigenvalue weighted by atomic mass is 9.85. The second-order valence-electron chi connectivity index (χ2n) is 5.20. The molecule has 1 N–H and O–H groups in total. The molecule has 14 heavy (non-hydrogen) atoms. The highest BCUT2D eigenvalue weighted by Gasteiger charge is 2.27. The summed E-state index contributed by atoms with van der Waals surface area (Å²) in [4.78, 5) is 2.50. The van der Waals surface area contributed by atoms with Gasteiger partial charge in [0.25, 0.3) is 0 Å². The van der Waals surface area contributed by atoms with E-state index in [1.807, 2.05) is 0 Å². The molecule has 1 rings (SSSR count). The second kappa shape index (κ2) is 5.13. The molecule has 0 radical (unpaired) electrons. The molecule has 0 aromatic rings. The zero-order valence-corrected chi connectivity index (χ0v) is 10.0. The maximum atomic E-state index is 9.96. The summed E-state index contributed by atoms with van der Waals surface area (Å²) in [6.07, 6.45) is 2.24. The van der Waals surface area contributed by atoms with Crippen LogP contribution in [0, 0.1) is 11.8 Å². The lowest BCUT2D eigenvalue weighted by molar-refractivity contribution is 0.0224. The van der Waals surface area contributed by atoms with Crippen molar-refractivity contribution in [2.75, 3.05) is 13.1 Å². The van der Waals surface area contributed by atoms with Gasteiger partial charge in [-0.15, -0.1) is 0 Å². The molecule has 1 heterocycles. The van der Waals surface area contributed by atoms with E-state index in [1.165, 1.54) is 0 Å². The molecule has 2 heteroatoms. The van der Waals surface area contributed by atoms with Crippen LogP contribution in [-0.2, 0) is 0 Å². The van der Waals surface area contributed by atoms with E-state index in [1.54, 1.807) is 0 Å². The van der Waals surface area contributed by atoms with Gasteiger partial charge in [0.15, 0.2) is 0 Å². The zero-order valence-electron chi connectivity index (χ0n) is 10.0. The van der Waals surface area contributed by atoms with Gasteiger partial charge in [-0.3, -0.25) is 0 Å². The molecule has 0 aliphatic carbocycles. The van der Waals surface area contributed by atoms with Crippen molar-refractivity contribution < 1.29 is 5.11 Å². The summed E-state index contributed by atoms with van der Waals surface area (Å²) < 4.78 is 0. The van der Waals surface area contributed by atoms with Gasteiger partial charge in [-0.25, -0.2) is 0 Å². The van der Waals surface area contributed by atoms with E-state index in [-0.39, 0.29) is 6.10 Å². The number of piperidine rings is 1. The number of hydrogen-bond acceptors (Lipinski definition) is 2. The van der Waals surface area contributed by atoms with E-state index < -0.39 is 0 Å². The maximum Gasteiger partial charge on any atom is 0.0592 e. The molecule has 1 aliphatic rings. The van der Waals surface area contributed by atoms with Crippen molar-refractivity contribution in [3.05, 3.63) is 0 Å². The molecule has 1 atom stereocenters. The Bertz CT molecular complexity index is 160. The quantitative estimate of drug-likeness (QED) is 0.752. The molecule has 0 bridgehead atoms. The van der Waals surface area contributed by atoms with Crippen molar-refractivity contribution in [3.63, 3.8) is 0 Å². The molecule has 0 aromatic carbocycles. The van der Waals surface area contributed by atoms with Crippen LogP contribution >= 0.6 is 0 Å². The van der Waals surface area contributed by atoms with Crippen molar-refractivity contribution in [1.82, 2.24) is 4.90 Å². The molecule has 1 aliphatic heterocycles. The summed E-state index contributed by atoms with van der Waals surface area (Å²) in [6.45, 7) is 11.0. The normalized spacial score (nSPS) is 23.4. The van der Waals surface area contributed by atoms with Crippen molar-refractivity contribution in [1.29, 1.82) is 0 Å². The van der Waals surface area contributed by atoms with E-state index >= 15 is 0 Å². The van der Waals surface area contributed by atoms with E-state index in [0.717, 1.165) is 25.9 Å². The Morgan fingerprint density at radius 3 is 1.93 bits per heavy atom. The number of hydrogen-bond donors (Lipinski definition) is 1. The molecule has 0 spiro atoms. The van der Waals surface area contributed by atoms with Gasteiger partial charge in [0.2, 0.25) is 0 Å². The van der Waals surface area contributed by atoms with Crippen molar-refractivity contribution in [2.45, 2.75) is 52.7 Å². The Hall–Kier alpha value is -0.0800. The first-order valence-corrected chi connectivity index (χ1v) is 5.94. The van der Waals surface area contributed by atoms with Crippen LogP contribution in [0.2, 0.25) is 0 Å². The Morgan fingerprint density at radius 2 is 1.57 bits per heavy atom. The smallest absolute Gasteiger partial charge is 0.0592 e. The first-order chi connectivity index (χ1) is 6.52. The largest absolute Gasteiger partial charge is 0.393 e. The van der Waals surface area contributed by atoms with E-state index in [2.05, 4.69) is 32.6 Å². The van der Waals surface area contributed by atoms with Crippen LogP contribution in [0.4, 0.5) is 0 Å². The Kier molecular flexibility index (Phi) is 4.39. The highest BCUT2D eigenvalue weighted by Crippen LogP contribution is 2.25. The predicted octanol–water partition coefficient (Wildman–Crippen LogP) is 2.12. The molecule has 1 fully saturated rings. The lowest BCUT2D eigenvalue weighted by Crippen LogP contribution is -2.42. The third-order valence-electron chi connectivity index (χ3n) is 3.47. The van der Waals surface area contributed by atoms with Gasteiger partial charge in [-0.05, 0) is 51.6 Å². The minimum atomic E-state index is -0.0932. The van der Waals surface area contributed by atoms with Crippen LogP contribution in [0.1, 0.15) is 40.5 Å². The minimum Gasteiger partial charge on any atom is -0.393 e. The predicted molar refractivity (Wildman–Crippen MR) is 60.3 cm³/mol. The monoisotopic (exact) mass is 199 g/mol. The zero-order chi connectivity index (χ0) is 10.7. The summed E-state index contributed by atoms with van der Waals surface area (Å²) in [7, 11) is 0. The van der Waals surface area contributed by atoms with Gasteiger partial charge in [-0.2, -0.15) is 0 Å². The summed E-state index contributed by atoms with van der Waals surface area (Å²) in [5, 5.41) is 9.96. The van der Waals surface area contributed by atoms with Crippen LogP contribution in [0.3, 0.4) is 0 Å². The molecule has 0 saturated carbocycles. The molecular weight excluding hydrogens is 174 g/mol. The van der Waals surface area contributed by atoms with Crippen molar-refractivity contribution >= 4 is 0 Å². The van der Waals surface area contributed by atoms with Gasteiger partial charge >= 0.3 is 0 Å². The molecule has 84 valence electrons. The van der Waals surface area contributed by atoms with Crippen LogP contribution in [0.15, 0.2) is 0 Å². The topological polar surface area (TPSA) is 23.5 Å². The van der Waals surface area contributed by atoms with Crippen LogP contribution in [-0.4, -0.2) is 35.2 Å². The lowest BCUT2D eigenvalue weighted by Gasteiger charge is -2.37. The summed E-state index contributed by atoms with van der Waals surface area (Å²) in [6, 6.07) is 0.659. The Balaban J connectivity index is 2.35. The molecule has 1 unspecified atom stereocenters. The fourth-order valence-corrected chi connectivity index (χ4v) is 2.32. The van der Waals surface area contributed by atoms with Crippen LogP contribution in [0.5, 0.6) is 0 Å². The number of likely N-dealkylation sites (tertiary alicyclic amines) is 1. The number of aliphatic hydroxyl groups excluding tert-OH is 1. The van der Waals surface area contributed by atoms with Gasteiger partial charge in [0.05, 0.1) is 6.10 Å². The fraction of sp³-hybridized carbons (Fsp3) is 1.00. The Morgan fingerprint density at radius 1 is 1.07 bits per heavy atom. The second-order valence-corrected chi connectivity index (χ2v) is 5.20. The third-order valence-corrected chi connectivity index (χ3v) is 3.47. The number of rotatable bonds is 3. The van der Waals surface area contributed by atoms with Crippen molar-refractivity contribution in [3.8, 4) is 0 Å². The standard InChI is InChI=1S/C12H25NO/c1-9(2)12(14)11-5-7-13(8-6-11)10(3)4/h9-12,14H,5-8H2,1-4H3. The molecule has 2 nitrogen and oxygen atoms in total. The van der Waals surface area contributed by atoms with Gasteiger partial charge in [0.1, 0.15) is 0 Å². The highest BCUT2D eigenvalue weighted by atomic mass is 16.3. The van der Waals surface area contributed by atoms with Gasteiger partial charge < -0.3 is 10.0 Å². The summed E-state index contributed by atoms with van der Waals surface area (Å²) in [5.41, 5.74) is 0. The fourth-order valence-electron chi connectivity index (χ4n) is 2.32. The van der Waals surface area contributed by atoms with Crippen LogP contribution < -0.4 is 0 Å². The van der Waals surface area contributed by atoms with Crippen molar-refractivity contribution in [2.24, 2.45) is 11.8 Å². The summed E-state index contributed by atoms with van der Waals surface area (Å²) in [5.74, 6) is 0.940. The minimum absolute atomic E-state index is 0.0932. The average Bonchev–Trinajstić information content (AvgIpc) is 2.16. The third kappa shape index (κ3) is 2.96. The van der Waals surface area contributed by atoms with E-state index in [4.69, 9.17) is 0 Å².